The quantitative estimate of drug-likeness (QED) is 0.850. The standard InChI is InChI=1S/C18H28N4O/c1-6-8-9-14(7-2)11-19-18(23)16-10-15-13(4)21-22(5)17(15)20-12(16)3/h10,14H,6-9,11H2,1-5H3,(H,19,23). The number of aryl methyl sites for hydroxylation is 3. The van der Waals surface area contributed by atoms with Gasteiger partial charge in [-0.05, 0) is 32.3 Å². The number of amides is 1. The number of nitrogens with zero attached hydrogens (tertiary/aromatic N) is 3. The summed E-state index contributed by atoms with van der Waals surface area (Å²) in [4.78, 5) is 17.1. The van der Waals surface area contributed by atoms with Crippen molar-refractivity contribution in [1.29, 1.82) is 0 Å². The molecule has 0 radical (unpaired) electrons. The Morgan fingerprint density at radius 1 is 1.30 bits per heavy atom. The van der Waals surface area contributed by atoms with E-state index in [-0.39, 0.29) is 5.91 Å². The molecule has 0 saturated carbocycles. The van der Waals surface area contributed by atoms with Crippen molar-refractivity contribution >= 4 is 16.9 Å². The lowest BCUT2D eigenvalue weighted by Crippen LogP contribution is -2.29. The summed E-state index contributed by atoms with van der Waals surface area (Å²) in [5, 5.41) is 8.41. The molecule has 1 amide bonds. The predicted molar refractivity (Wildman–Crippen MR) is 93.6 cm³/mol. The fraction of sp³-hybridized carbons (Fsp3) is 0.611. The van der Waals surface area contributed by atoms with Crippen molar-refractivity contribution in [2.75, 3.05) is 6.54 Å². The number of hydrogen-bond acceptors (Lipinski definition) is 3. The van der Waals surface area contributed by atoms with E-state index in [1.54, 1.807) is 4.68 Å². The number of unbranched alkanes of at least 4 members (excludes halogenated alkanes) is 1. The second kappa shape index (κ2) is 7.57. The van der Waals surface area contributed by atoms with Crippen LogP contribution in [0.15, 0.2) is 6.07 Å². The summed E-state index contributed by atoms with van der Waals surface area (Å²) in [7, 11) is 1.88. The molecule has 0 aliphatic heterocycles. The molecule has 2 heterocycles. The Labute approximate surface area is 138 Å². The zero-order chi connectivity index (χ0) is 17.0. The molecular weight excluding hydrogens is 288 g/mol. The number of pyridine rings is 1. The number of hydrogen-bond donors (Lipinski definition) is 1. The molecule has 2 rings (SSSR count). The monoisotopic (exact) mass is 316 g/mol. The van der Waals surface area contributed by atoms with Crippen LogP contribution < -0.4 is 5.32 Å². The van der Waals surface area contributed by atoms with Gasteiger partial charge in [0.25, 0.3) is 5.91 Å². The minimum atomic E-state index is -0.0323. The molecule has 0 spiro atoms. The molecule has 5 heteroatoms. The van der Waals surface area contributed by atoms with Crippen LogP contribution in [0.4, 0.5) is 0 Å². The van der Waals surface area contributed by atoms with Crippen LogP contribution in [0.25, 0.3) is 11.0 Å². The van der Waals surface area contributed by atoms with Crippen LogP contribution in [0, 0.1) is 19.8 Å². The topological polar surface area (TPSA) is 59.8 Å². The van der Waals surface area contributed by atoms with E-state index in [2.05, 4.69) is 29.2 Å². The maximum Gasteiger partial charge on any atom is 0.253 e. The van der Waals surface area contributed by atoms with Gasteiger partial charge in [-0.15, -0.1) is 0 Å². The normalized spacial score (nSPS) is 12.6. The molecule has 5 nitrogen and oxygen atoms in total. The van der Waals surface area contributed by atoms with Gasteiger partial charge in [-0.25, -0.2) is 4.98 Å². The van der Waals surface area contributed by atoms with Crippen molar-refractivity contribution in [3.8, 4) is 0 Å². The lowest BCUT2D eigenvalue weighted by atomic mass is 9.99. The molecule has 1 atom stereocenters. The third-order valence-corrected chi connectivity index (χ3v) is 4.53. The molecule has 0 saturated heterocycles. The highest BCUT2D eigenvalue weighted by Crippen LogP contribution is 2.19. The van der Waals surface area contributed by atoms with E-state index in [0.717, 1.165) is 35.4 Å². The fourth-order valence-corrected chi connectivity index (χ4v) is 2.94. The van der Waals surface area contributed by atoms with Crippen LogP contribution in [0.5, 0.6) is 0 Å². The van der Waals surface area contributed by atoms with Crippen LogP contribution in [0.2, 0.25) is 0 Å². The maximum absolute atomic E-state index is 12.5. The molecule has 126 valence electrons. The van der Waals surface area contributed by atoms with Gasteiger partial charge in [0.15, 0.2) is 5.65 Å². The van der Waals surface area contributed by atoms with Crippen molar-refractivity contribution in [3.05, 3.63) is 23.0 Å². The Kier molecular flexibility index (Phi) is 5.74. The predicted octanol–water partition coefficient (Wildman–Crippen LogP) is 3.53. The van der Waals surface area contributed by atoms with Gasteiger partial charge >= 0.3 is 0 Å². The number of rotatable bonds is 7. The van der Waals surface area contributed by atoms with Crippen molar-refractivity contribution < 1.29 is 4.79 Å². The molecule has 0 fully saturated rings. The number of nitrogens with one attached hydrogen (secondary N) is 1. The summed E-state index contributed by atoms with van der Waals surface area (Å²) in [5.74, 6) is 0.520. The number of carbonyl (C=O) groups is 1. The number of fused-ring (bicyclic) bond motifs is 1. The van der Waals surface area contributed by atoms with Crippen LogP contribution >= 0.6 is 0 Å². The number of aromatic nitrogens is 3. The summed E-state index contributed by atoms with van der Waals surface area (Å²) in [6.45, 7) is 8.94. The van der Waals surface area contributed by atoms with E-state index in [1.165, 1.54) is 19.3 Å². The SMILES string of the molecule is CCCCC(CC)CNC(=O)c1cc2c(C)nn(C)c2nc1C. The molecule has 0 aromatic carbocycles. The minimum absolute atomic E-state index is 0.0323. The van der Waals surface area contributed by atoms with Gasteiger partial charge in [-0.1, -0.05) is 33.1 Å². The van der Waals surface area contributed by atoms with E-state index in [9.17, 15) is 4.79 Å². The summed E-state index contributed by atoms with van der Waals surface area (Å²) < 4.78 is 1.76. The smallest absolute Gasteiger partial charge is 0.253 e. The Balaban J connectivity index is 2.14. The number of carbonyl (C=O) groups excluding carboxylic acids is 1. The molecule has 1 N–H and O–H groups in total. The van der Waals surface area contributed by atoms with Crippen LogP contribution in [0.3, 0.4) is 0 Å². The second-order valence-electron chi connectivity index (χ2n) is 6.33. The molecule has 0 aliphatic carbocycles. The molecule has 0 aliphatic rings. The average molecular weight is 316 g/mol. The highest BCUT2D eigenvalue weighted by molar-refractivity contribution is 5.98. The second-order valence-corrected chi connectivity index (χ2v) is 6.33. The van der Waals surface area contributed by atoms with Crippen molar-refractivity contribution in [1.82, 2.24) is 20.1 Å². The van der Waals surface area contributed by atoms with Gasteiger partial charge in [-0.3, -0.25) is 9.48 Å². The third kappa shape index (κ3) is 3.89. The van der Waals surface area contributed by atoms with Crippen molar-refractivity contribution in [2.45, 2.75) is 53.4 Å². The van der Waals surface area contributed by atoms with Crippen LogP contribution in [-0.4, -0.2) is 27.2 Å². The summed E-state index contributed by atoms with van der Waals surface area (Å²) in [6, 6.07) is 1.92. The fourth-order valence-electron chi connectivity index (χ4n) is 2.94. The molecule has 0 bridgehead atoms. The van der Waals surface area contributed by atoms with E-state index in [1.807, 2.05) is 27.0 Å². The first-order chi connectivity index (χ1) is 11.0. The lowest BCUT2D eigenvalue weighted by Gasteiger charge is -2.15. The summed E-state index contributed by atoms with van der Waals surface area (Å²) >= 11 is 0. The highest BCUT2D eigenvalue weighted by Gasteiger charge is 2.16. The first-order valence-corrected chi connectivity index (χ1v) is 8.57. The van der Waals surface area contributed by atoms with E-state index < -0.39 is 0 Å². The van der Waals surface area contributed by atoms with Gasteiger partial charge in [0.1, 0.15) is 0 Å². The Morgan fingerprint density at radius 3 is 2.70 bits per heavy atom. The van der Waals surface area contributed by atoms with E-state index >= 15 is 0 Å². The summed E-state index contributed by atoms with van der Waals surface area (Å²) in [5.41, 5.74) is 3.13. The Bertz CT molecular complexity index is 690. The van der Waals surface area contributed by atoms with Crippen molar-refractivity contribution in [2.24, 2.45) is 13.0 Å². The van der Waals surface area contributed by atoms with Crippen LogP contribution in [0.1, 0.15) is 61.3 Å². The zero-order valence-electron chi connectivity index (χ0n) is 14.9. The van der Waals surface area contributed by atoms with Gasteiger partial charge < -0.3 is 5.32 Å². The molecule has 23 heavy (non-hydrogen) atoms. The Hall–Kier alpha value is -1.91. The summed E-state index contributed by atoms with van der Waals surface area (Å²) in [6.07, 6.45) is 4.68. The molecule has 2 aromatic rings. The zero-order valence-corrected chi connectivity index (χ0v) is 14.9. The third-order valence-electron chi connectivity index (χ3n) is 4.53. The van der Waals surface area contributed by atoms with Crippen molar-refractivity contribution in [3.63, 3.8) is 0 Å². The van der Waals surface area contributed by atoms with E-state index in [0.29, 0.717) is 11.5 Å². The van der Waals surface area contributed by atoms with Gasteiger partial charge in [-0.2, -0.15) is 5.10 Å². The molecule has 2 aromatic heterocycles. The molecule has 1 unspecified atom stereocenters. The van der Waals surface area contributed by atoms with Crippen LogP contribution in [-0.2, 0) is 7.05 Å². The Morgan fingerprint density at radius 2 is 2.04 bits per heavy atom. The average Bonchev–Trinajstić information content (AvgIpc) is 2.80. The van der Waals surface area contributed by atoms with Gasteiger partial charge in [0.05, 0.1) is 17.0 Å². The minimum Gasteiger partial charge on any atom is -0.352 e. The maximum atomic E-state index is 12.5. The largest absolute Gasteiger partial charge is 0.352 e. The van der Waals surface area contributed by atoms with Gasteiger partial charge in [0, 0.05) is 19.0 Å². The molecular formula is C18H28N4O. The first kappa shape index (κ1) is 17.4. The lowest BCUT2D eigenvalue weighted by molar-refractivity contribution is 0.0945. The highest BCUT2D eigenvalue weighted by atomic mass is 16.1. The first-order valence-electron chi connectivity index (χ1n) is 8.57. The van der Waals surface area contributed by atoms with E-state index in [4.69, 9.17) is 0 Å². The van der Waals surface area contributed by atoms with Gasteiger partial charge in [0.2, 0.25) is 0 Å².